The second-order valence-corrected chi connectivity index (χ2v) is 5.28. The van der Waals surface area contributed by atoms with Crippen molar-refractivity contribution in [2.75, 3.05) is 20.8 Å². The maximum Gasteiger partial charge on any atom is 0.330 e. The van der Waals surface area contributed by atoms with Crippen LogP contribution < -0.4 is 9.47 Å². The Morgan fingerprint density at radius 1 is 1.24 bits per heavy atom. The van der Waals surface area contributed by atoms with Gasteiger partial charge in [-0.05, 0) is 30.7 Å². The quantitative estimate of drug-likeness (QED) is 0.435. The molecule has 2 rings (SSSR count). The molecule has 0 radical (unpaired) electrons. The summed E-state index contributed by atoms with van der Waals surface area (Å²) in [5.41, 5.74) is 1.93. The zero-order valence-electron chi connectivity index (χ0n) is 14.6. The summed E-state index contributed by atoms with van der Waals surface area (Å²) in [5.74, 6) is 0.286. The molecule has 7 heteroatoms. The minimum atomic E-state index is -0.447. The van der Waals surface area contributed by atoms with E-state index in [9.17, 15) is 9.59 Å². The summed E-state index contributed by atoms with van der Waals surface area (Å²) in [7, 11) is 4.57. The monoisotopic (exact) mass is 344 g/mol. The number of carbonyl (C=O) groups is 2. The number of nitrogens with zero attached hydrogens (tertiary/aromatic N) is 2. The normalized spacial score (nSPS) is 10.7. The SMILES string of the molecule is COC(=O)/C=C/c1ccc(OCC(=O)c2cn(C)nc2C)c(OC)c1. The molecule has 0 atom stereocenters. The molecule has 0 fully saturated rings. The third-order valence-corrected chi connectivity index (χ3v) is 3.47. The van der Waals surface area contributed by atoms with Gasteiger partial charge < -0.3 is 14.2 Å². The maximum atomic E-state index is 12.2. The van der Waals surface area contributed by atoms with Crippen molar-refractivity contribution in [1.29, 1.82) is 0 Å². The summed E-state index contributed by atoms with van der Waals surface area (Å²) >= 11 is 0. The van der Waals surface area contributed by atoms with Crippen molar-refractivity contribution in [2.24, 2.45) is 7.05 Å². The zero-order chi connectivity index (χ0) is 18.4. The van der Waals surface area contributed by atoms with E-state index in [2.05, 4.69) is 9.84 Å². The van der Waals surface area contributed by atoms with E-state index in [1.165, 1.54) is 20.3 Å². The molecular formula is C18H20N2O5. The highest BCUT2D eigenvalue weighted by atomic mass is 16.5. The van der Waals surface area contributed by atoms with Crippen LogP contribution in [0.4, 0.5) is 0 Å². The van der Waals surface area contributed by atoms with Crippen LogP contribution in [0, 0.1) is 6.92 Å². The molecule has 0 aliphatic heterocycles. The molecule has 0 N–H and O–H groups in total. The molecule has 0 bridgehead atoms. The fourth-order valence-corrected chi connectivity index (χ4v) is 2.23. The Balaban J connectivity index is 2.09. The molecule has 7 nitrogen and oxygen atoms in total. The maximum absolute atomic E-state index is 12.2. The number of esters is 1. The van der Waals surface area contributed by atoms with Gasteiger partial charge in [-0.25, -0.2) is 4.79 Å². The molecule has 1 aromatic carbocycles. The number of hydrogen-bond donors (Lipinski definition) is 0. The van der Waals surface area contributed by atoms with Gasteiger partial charge in [-0.3, -0.25) is 9.48 Å². The number of methoxy groups -OCH3 is 2. The summed E-state index contributed by atoms with van der Waals surface area (Å²) in [5, 5.41) is 4.14. The topological polar surface area (TPSA) is 79.7 Å². The largest absolute Gasteiger partial charge is 0.493 e. The molecule has 2 aromatic rings. The first kappa shape index (κ1) is 18.3. The summed E-state index contributed by atoms with van der Waals surface area (Å²) in [6.07, 6.45) is 4.57. The lowest BCUT2D eigenvalue weighted by atomic mass is 10.1. The second-order valence-electron chi connectivity index (χ2n) is 5.28. The van der Waals surface area contributed by atoms with Crippen LogP contribution in [0.1, 0.15) is 21.6 Å². The van der Waals surface area contributed by atoms with E-state index in [0.717, 1.165) is 5.56 Å². The first-order chi connectivity index (χ1) is 11.9. The molecule has 0 aliphatic rings. The Bertz CT molecular complexity index is 808. The van der Waals surface area contributed by atoms with E-state index < -0.39 is 5.97 Å². The third-order valence-electron chi connectivity index (χ3n) is 3.47. The van der Waals surface area contributed by atoms with Gasteiger partial charge in [-0.1, -0.05) is 6.07 Å². The lowest BCUT2D eigenvalue weighted by Gasteiger charge is -2.10. The van der Waals surface area contributed by atoms with Gasteiger partial charge in [0.1, 0.15) is 0 Å². The summed E-state index contributed by atoms with van der Waals surface area (Å²) in [4.78, 5) is 23.4. The number of aryl methyl sites for hydroxylation is 2. The van der Waals surface area contributed by atoms with Gasteiger partial charge in [0.25, 0.3) is 0 Å². The van der Waals surface area contributed by atoms with Crippen molar-refractivity contribution >= 4 is 17.8 Å². The van der Waals surface area contributed by atoms with Gasteiger partial charge in [0.2, 0.25) is 5.78 Å². The minimum absolute atomic E-state index is 0.125. The number of carbonyl (C=O) groups excluding carboxylic acids is 2. The first-order valence-corrected chi connectivity index (χ1v) is 7.55. The van der Waals surface area contributed by atoms with E-state index >= 15 is 0 Å². The number of ketones is 1. The van der Waals surface area contributed by atoms with E-state index in [1.54, 1.807) is 49.1 Å². The molecule has 0 amide bonds. The Morgan fingerprint density at radius 2 is 2.00 bits per heavy atom. The number of benzene rings is 1. The van der Waals surface area contributed by atoms with Gasteiger partial charge in [-0.2, -0.15) is 5.10 Å². The van der Waals surface area contributed by atoms with Gasteiger partial charge in [0.05, 0.1) is 25.5 Å². The number of rotatable bonds is 7. The van der Waals surface area contributed by atoms with E-state index in [0.29, 0.717) is 22.8 Å². The van der Waals surface area contributed by atoms with E-state index in [-0.39, 0.29) is 12.4 Å². The van der Waals surface area contributed by atoms with Crippen molar-refractivity contribution in [3.05, 3.63) is 47.3 Å². The summed E-state index contributed by atoms with van der Waals surface area (Å²) < 4.78 is 17.0. The van der Waals surface area contributed by atoms with Gasteiger partial charge in [-0.15, -0.1) is 0 Å². The summed E-state index contributed by atoms with van der Waals surface area (Å²) in [6, 6.07) is 5.13. The highest BCUT2D eigenvalue weighted by Gasteiger charge is 2.14. The minimum Gasteiger partial charge on any atom is -0.493 e. The fraction of sp³-hybridized carbons (Fsp3) is 0.278. The molecular weight excluding hydrogens is 324 g/mol. The smallest absolute Gasteiger partial charge is 0.330 e. The number of Topliss-reactive ketones (excluding diaryl/α,β-unsaturated/α-hetero) is 1. The van der Waals surface area contributed by atoms with Crippen molar-refractivity contribution in [2.45, 2.75) is 6.92 Å². The highest BCUT2D eigenvalue weighted by Crippen LogP contribution is 2.28. The van der Waals surface area contributed by atoms with Gasteiger partial charge >= 0.3 is 5.97 Å². The van der Waals surface area contributed by atoms with Crippen molar-refractivity contribution in [1.82, 2.24) is 9.78 Å². The van der Waals surface area contributed by atoms with Crippen LogP contribution in [0.25, 0.3) is 6.08 Å². The van der Waals surface area contributed by atoms with Gasteiger partial charge in [0, 0.05) is 19.3 Å². The van der Waals surface area contributed by atoms with Crippen LogP contribution in [0.2, 0.25) is 0 Å². The van der Waals surface area contributed by atoms with Crippen LogP contribution in [0.3, 0.4) is 0 Å². The Morgan fingerprint density at radius 3 is 2.60 bits per heavy atom. The molecule has 0 saturated heterocycles. The van der Waals surface area contributed by atoms with E-state index in [1.807, 2.05) is 0 Å². The average molecular weight is 344 g/mol. The van der Waals surface area contributed by atoms with Crippen molar-refractivity contribution < 1.29 is 23.8 Å². The lowest BCUT2D eigenvalue weighted by Crippen LogP contribution is -2.12. The summed E-state index contributed by atoms with van der Waals surface area (Å²) in [6.45, 7) is 1.65. The fourth-order valence-electron chi connectivity index (χ4n) is 2.23. The van der Waals surface area contributed by atoms with Crippen LogP contribution in [-0.2, 0) is 16.6 Å². The van der Waals surface area contributed by atoms with Gasteiger partial charge in [0.15, 0.2) is 18.1 Å². The molecule has 132 valence electrons. The Kier molecular flexibility index (Phi) is 5.94. The average Bonchev–Trinajstić information content (AvgIpc) is 2.96. The molecule has 0 spiro atoms. The van der Waals surface area contributed by atoms with Crippen LogP contribution in [0.5, 0.6) is 11.5 Å². The third kappa shape index (κ3) is 4.69. The van der Waals surface area contributed by atoms with Crippen LogP contribution in [-0.4, -0.2) is 42.4 Å². The molecule has 25 heavy (non-hydrogen) atoms. The molecule has 1 aromatic heterocycles. The molecule has 0 aliphatic carbocycles. The van der Waals surface area contributed by atoms with Crippen LogP contribution >= 0.6 is 0 Å². The lowest BCUT2D eigenvalue weighted by molar-refractivity contribution is -0.134. The highest BCUT2D eigenvalue weighted by molar-refractivity contribution is 5.98. The number of hydrogen-bond acceptors (Lipinski definition) is 6. The van der Waals surface area contributed by atoms with Crippen molar-refractivity contribution in [3.63, 3.8) is 0 Å². The number of aromatic nitrogens is 2. The Labute approximate surface area is 145 Å². The zero-order valence-corrected chi connectivity index (χ0v) is 14.6. The predicted octanol–water partition coefficient (Wildman–Crippen LogP) is 2.19. The Hall–Kier alpha value is -3.09. The van der Waals surface area contributed by atoms with Crippen LogP contribution in [0.15, 0.2) is 30.5 Å². The molecule has 0 unspecified atom stereocenters. The second kappa shape index (κ2) is 8.14. The predicted molar refractivity (Wildman–Crippen MR) is 91.8 cm³/mol. The molecule has 0 saturated carbocycles. The standard InChI is InChI=1S/C18H20N2O5/c1-12-14(10-20(2)19-12)15(21)11-25-16-7-5-13(9-17(16)23-3)6-8-18(22)24-4/h5-10H,11H2,1-4H3/b8-6+. The van der Waals surface area contributed by atoms with E-state index in [4.69, 9.17) is 9.47 Å². The first-order valence-electron chi connectivity index (χ1n) is 7.55. The molecule has 1 heterocycles. The number of ether oxygens (including phenoxy) is 3. The van der Waals surface area contributed by atoms with Crippen molar-refractivity contribution in [3.8, 4) is 11.5 Å².